The van der Waals surface area contributed by atoms with Crippen molar-refractivity contribution < 1.29 is 14.2 Å². The highest BCUT2D eigenvalue weighted by Gasteiger charge is 2.66. The third kappa shape index (κ3) is 6.81. The molecular weight excluding hydrogens is 767 g/mol. The largest absolute Gasteiger partial charge is 0.384 e. The van der Waals surface area contributed by atoms with Crippen molar-refractivity contribution in [1.82, 2.24) is 24.5 Å². The lowest BCUT2D eigenvalue weighted by molar-refractivity contribution is -0.0201. The third-order valence-electron chi connectivity index (χ3n) is 23.2. The minimum absolute atomic E-state index is 0.354. The van der Waals surface area contributed by atoms with E-state index in [1.165, 1.54) is 213 Å². The molecule has 354 valence electrons. The van der Waals surface area contributed by atoms with Crippen LogP contribution in [0.1, 0.15) is 148 Å². The van der Waals surface area contributed by atoms with Crippen LogP contribution in [0, 0.1) is 54.1 Å². The number of nitrogens with zero attached hydrogens (tertiary/aromatic N) is 5. The van der Waals surface area contributed by atoms with Gasteiger partial charge in [-0.15, -0.1) is 0 Å². The van der Waals surface area contributed by atoms with Crippen molar-refractivity contribution in [2.45, 2.75) is 148 Å². The van der Waals surface area contributed by atoms with Crippen LogP contribution in [0.15, 0.2) is 0 Å². The average Bonchev–Trinajstić information content (AvgIpc) is 4.04. The first-order valence-corrected chi connectivity index (χ1v) is 26.7. The van der Waals surface area contributed by atoms with E-state index in [1.807, 2.05) is 14.2 Å². The standard InChI is InChI=1S/C12H23NO2.2C11H19N.C10H17NO.C10H17N/c1-13-7-11(9-14-2)5-4-6-12(11,8-13)10-15-3;2*1-12-8-10-4-2-5-11(10,9-12)7-3-6-10;1-11-5-9-3-2-4-10(9,6-11)8-12-7-9;1-11-7-9-3-2-4-10(9,8-11)6-5-9/h4-10H2,1-3H3;2*2-9H2,1H3;2-8H2,1H3;2-8H2,1H3/t11-,12+;;;;. The second-order valence-corrected chi connectivity index (χ2v) is 26.5. The quantitative estimate of drug-likeness (QED) is 0.278. The minimum atomic E-state index is 0.354. The third-order valence-corrected chi connectivity index (χ3v) is 23.2. The molecule has 6 saturated heterocycles. The maximum atomic E-state index is 5.68. The van der Waals surface area contributed by atoms with Crippen LogP contribution in [0.5, 0.6) is 0 Å². The monoisotopic (exact) mass is 862 g/mol. The summed E-state index contributed by atoms with van der Waals surface area (Å²) < 4.78 is 16.6. The van der Waals surface area contributed by atoms with Gasteiger partial charge in [0, 0.05) is 101 Å². The highest BCUT2D eigenvalue weighted by molar-refractivity contribution is 5.17. The molecule has 8 nitrogen and oxygen atoms in total. The van der Waals surface area contributed by atoms with Crippen LogP contribution in [0.25, 0.3) is 0 Å². The summed E-state index contributed by atoms with van der Waals surface area (Å²) in [6.07, 6.45) is 34.3. The lowest BCUT2D eigenvalue weighted by atomic mass is 9.53. The predicted octanol–water partition coefficient (Wildman–Crippen LogP) is 8.93. The first-order valence-electron chi connectivity index (χ1n) is 26.7. The molecule has 14 aliphatic rings. The van der Waals surface area contributed by atoms with Gasteiger partial charge in [-0.05, 0) is 170 Å². The number of methoxy groups -OCH3 is 2. The van der Waals surface area contributed by atoms with E-state index in [2.05, 4.69) is 59.7 Å². The van der Waals surface area contributed by atoms with Crippen LogP contribution in [0.4, 0.5) is 0 Å². The average molecular weight is 862 g/mol. The number of likely N-dealkylation sites (tertiary alicyclic amines) is 5. The van der Waals surface area contributed by atoms with Gasteiger partial charge in [-0.2, -0.15) is 0 Å². The normalized spacial score (nSPS) is 50.4. The van der Waals surface area contributed by atoms with E-state index in [1.54, 1.807) is 0 Å². The molecule has 0 amide bonds. The first kappa shape index (κ1) is 45.5. The van der Waals surface area contributed by atoms with Gasteiger partial charge >= 0.3 is 0 Å². The van der Waals surface area contributed by atoms with Gasteiger partial charge in [-0.1, -0.05) is 44.9 Å². The Balaban J connectivity index is 0.0000000926. The lowest BCUT2D eigenvalue weighted by Crippen LogP contribution is -2.45. The van der Waals surface area contributed by atoms with Crippen LogP contribution in [-0.2, 0) is 14.2 Å². The Morgan fingerprint density at radius 3 is 0.806 bits per heavy atom. The molecule has 0 aromatic heterocycles. The zero-order valence-electron chi connectivity index (χ0n) is 41.6. The Kier molecular flexibility index (Phi) is 12.0. The second kappa shape index (κ2) is 16.4. The number of rotatable bonds is 4. The molecule has 14 fully saturated rings. The first-order chi connectivity index (χ1) is 29.7. The molecule has 8 aliphatic carbocycles. The summed E-state index contributed by atoms with van der Waals surface area (Å²) in [5.41, 5.74) is 6.67. The van der Waals surface area contributed by atoms with Crippen LogP contribution < -0.4 is 0 Å². The van der Waals surface area contributed by atoms with Crippen molar-refractivity contribution in [3.63, 3.8) is 0 Å². The van der Waals surface area contributed by atoms with Crippen molar-refractivity contribution in [3.05, 3.63) is 0 Å². The van der Waals surface area contributed by atoms with Gasteiger partial charge in [0.05, 0.1) is 26.4 Å². The van der Waals surface area contributed by atoms with Gasteiger partial charge in [0.1, 0.15) is 0 Å². The lowest BCUT2D eigenvalue weighted by Gasteiger charge is -2.50. The fourth-order valence-corrected chi connectivity index (χ4v) is 21.1. The van der Waals surface area contributed by atoms with Crippen LogP contribution in [0.2, 0.25) is 0 Å². The van der Waals surface area contributed by atoms with Crippen LogP contribution in [0.3, 0.4) is 0 Å². The maximum Gasteiger partial charge on any atom is 0.0541 e. The summed E-state index contributed by atoms with van der Waals surface area (Å²) in [4.78, 5) is 12.7. The summed E-state index contributed by atoms with van der Waals surface area (Å²) in [6, 6.07) is 0. The summed E-state index contributed by atoms with van der Waals surface area (Å²) in [5, 5.41) is 0. The van der Waals surface area contributed by atoms with E-state index >= 15 is 0 Å². The summed E-state index contributed by atoms with van der Waals surface area (Å²) >= 11 is 0. The van der Waals surface area contributed by atoms with Gasteiger partial charge in [0.15, 0.2) is 0 Å². The molecule has 62 heavy (non-hydrogen) atoms. The Hall–Kier alpha value is -0.320. The molecule has 4 unspecified atom stereocenters. The van der Waals surface area contributed by atoms with E-state index in [0.717, 1.165) is 58.9 Å². The summed E-state index contributed by atoms with van der Waals surface area (Å²) in [5.74, 6) is 0. The Labute approximate surface area is 380 Å². The van der Waals surface area contributed by atoms with Crippen molar-refractivity contribution in [3.8, 4) is 0 Å². The minimum Gasteiger partial charge on any atom is -0.384 e. The van der Waals surface area contributed by atoms with E-state index in [4.69, 9.17) is 14.2 Å². The van der Waals surface area contributed by atoms with Crippen molar-refractivity contribution in [2.24, 2.45) is 54.1 Å². The predicted molar refractivity (Wildman–Crippen MR) is 253 cm³/mol. The van der Waals surface area contributed by atoms with Gasteiger partial charge in [0.2, 0.25) is 0 Å². The van der Waals surface area contributed by atoms with E-state index in [-0.39, 0.29) is 0 Å². The molecule has 8 saturated carbocycles. The summed E-state index contributed by atoms with van der Waals surface area (Å²) in [6.45, 7) is 17.2. The Morgan fingerprint density at radius 1 is 0.306 bits per heavy atom. The highest BCUT2D eigenvalue weighted by Crippen LogP contribution is 2.70. The molecule has 6 atom stereocenters. The zero-order chi connectivity index (χ0) is 43.2. The molecule has 0 aromatic rings. The molecule has 6 aliphatic heterocycles. The van der Waals surface area contributed by atoms with E-state index < -0.39 is 0 Å². The molecule has 14 rings (SSSR count). The van der Waals surface area contributed by atoms with Crippen LogP contribution >= 0.6 is 0 Å². The van der Waals surface area contributed by atoms with E-state index in [0.29, 0.717) is 21.7 Å². The van der Waals surface area contributed by atoms with Gasteiger partial charge in [-0.25, -0.2) is 0 Å². The molecule has 0 spiro atoms. The van der Waals surface area contributed by atoms with E-state index in [9.17, 15) is 0 Å². The fraction of sp³-hybridized carbons (Fsp3) is 1.00. The smallest absolute Gasteiger partial charge is 0.0541 e. The molecular formula is C54H95N5O3. The van der Waals surface area contributed by atoms with Gasteiger partial charge in [0.25, 0.3) is 0 Å². The highest BCUT2D eigenvalue weighted by atomic mass is 16.5. The van der Waals surface area contributed by atoms with Gasteiger partial charge in [-0.3, -0.25) is 0 Å². The molecule has 0 bridgehead atoms. The van der Waals surface area contributed by atoms with Crippen molar-refractivity contribution >= 4 is 0 Å². The Bertz CT molecular complexity index is 1360. The molecule has 6 heterocycles. The SMILES string of the molecule is CN1CC23CCCC2(CC3)C1.CN1CC23CCCC2(CCC3)C1.CN1CC23CCCC2(CCC3)C1.CN1CC23CCCC2(COC3)C1.COC[C@]12CCC[C@@]1(COC)CN(C)C2. The van der Waals surface area contributed by atoms with Gasteiger partial charge < -0.3 is 38.7 Å². The molecule has 8 heteroatoms. The van der Waals surface area contributed by atoms with Crippen molar-refractivity contribution in [2.75, 3.05) is 141 Å². The fourth-order valence-electron chi connectivity index (χ4n) is 21.1. The van der Waals surface area contributed by atoms with Crippen molar-refractivity contribution in [1.29, 1.82) is 0 Å². The number of ether oxygens (including phenoxy) is 3. The summed E-state index contributed by atoms with van der Waals surface area (Å²) in [7, 11) is 15.0. The maximum absolute atomic E-state index is 5.68. The topological polar surface area (TPSA) is 43.9 Å². The Morgan fingerprint density at radius 2 is 0.532 bits per heavy atom. The second-order valence-electron chi connectivity index (χ2n) is 26.5. The molecule has 0 aromatic carbocycles. The number of hydrogen-bond donors (Lipinski definition) is 0. The number of hydrogen-bond acceptors (Lipinski definition) is 8. The molecule has 0 radical (unpaired) electrons. The number of fused-ring (bicyclic) bond motifs is 1. The van der Waals surface area contributed by atoms with Crippen LogP contribution in [-0.4, -0.2) is 166 Å². The molecule has 0 N–H and O–H groups in total. The zero-order valence-corrected chi connectivity index (χ0v) is 41.6.